The van der Waals surface area contributed by atoms with Crippen LogP contribution < -0.4 is 5.32 Å². The molecule has 32 heavy (non-hydrogen) atoms. The molecule has 0 bridgehead atoms. The Hall–Kier alpha value is -3.49. The van der Waals surface area contributed by atoms with Crippen molar-refractivity contribution in [1.29, 1.82) is 0 Å². The molecule has 2 aromatic carbocycles. The fourth-order valence-electron chi connectivity index (χ4n) is 3.81. The van der Waals surface area contributed by atoms with Gasteiger partial charge in [0.1, 0.15) is 4.88 Å². The highest BCUT2D eigenvalue weighted by atomic mass is 32.1. The molecule has 0 saturated carbocycles. The molecule has 0 radical (unpaired) electrons. The lowest BCUT2D eigenvalue weighted by molar-refractivity contribution is 0.0550. The number of amides is 1. The van der Waals surface area contributed by atoms with Crippen molar-refractivity contribution in [3.8, 4) is 0 Å². The molecule has 7 nitrogen and oxygen atoms in total. The molecule has 8 heteroatoms. The number of nitrogens with one attached hydrogen (secondary N) is 2. The predicted molar refractivity (Wildman–Crippen MR) is 128 cm³/mol. The summed E-state index contributed by atoms with van der Waals surface area (Å²) < 4.78 is 0. The minimum Gasteiger partial charge on any atom is -0.393 e. The van der Waals surface area contributed by atoms with Gasteiger partial charge in [-0.05, 0) is 36.6 Å². The number of anilines is 2. The quantitative estimate of drug-likeness (QED) is 0.420. The first-order chi connectivity index (χ1) is 15.7. The van der Waals surface area contributed by atoms with Crippen LogP contribution in [0.2, 0.25) is 0 Å². The lowest BCUT2D eigenvalue weighted by Gasteiger charge is -2.29. The Labute approximate surface area is 189 Å². The first-order valence-corrected chi connectivity index (χ1v) is 11.4. The van der Waals surface area contributed by atoms with Crippen molar-refractivity contribution >= 4 is 51.1 Å². The zero-order chi connectivity index (χ0) is 21.9. The van der Waals surface area contributed by atoms with Crippen molar-refractivity contribution in [2.24, 2.45) is 0 Å². The van der Waals surface area contributed by atoms with Gasteiger partial charge in [-0.1, -0.05) is 53.8 Å². The maximum Gasteiger partial charge on any atom is 0.265 e. The Balaban J connectivity index is 1.32. The lowest BCUT2D eigenvalue weighted by atomic mass is 10.1. The van der Waals surface area contributed by atoms with Crippen LogP contribution in [0.5, 0.6) is 0 Å². The number of carbonyl (C=O) groups is 1. The van der Waals surface area contributed by atoms with E-state index in [1.165, 1.54) is 11.3 Å². The molecule has 1 amide bonds. The van der Waals surface area contributed by atoms with Gasteiger partial charge in [-0.25, -0.2) is 4.98 Å². The third-order valence-corrected chi connectivity index (χ3v) is 6.49. The molecular formula is C24H23N5O2S. The average molecular weight is 446 g/mol. The number of benzene rings is 2. The molecule has 1 aliphatic heterocycles. The number of rotatable bonds is 5. The highest BCUT2D eigenvalue weighted by molar-refractivity contribution is 7.17. The van der Waals surface area contributed by atoms with Gasteiger partial charge in [-0.2, -0.15) is 5.10 Å². The van der Waals surface area contributed by atoms with Crippen molar-refractivity contribution in [2.45, 2.75) is 18.9 Å². The highest BCUT2D eigenvalue weighted by Crippen LogP contribution is 2.28. The summed E-state index contributed by atoms with van der Waals surface area (Å²) in [6.07, 6.45) is 6.57. The van der Waals surface area contributed by atoms with Crippen LogP contribution in [0.4, 0.5) is 10.8 Å². The van der Waals surface area contributed by atoms with Crippen LogP contribution >= 0.6 is 11.3 Å². The Bertz CT molecular complexity index is 1270. The van der Waals surface area contributed by atoms with E-state index >= 15 is 0 Å². The van der Waals surface area contributed by atoms with Crippen LogP contribution in [0.1, 0.15) is 33.8 Å². The normalized spacial score (nSPS) is 15.0. The standard InChI is InChI=1S/C24H23N5O2S/c30-17-11-13-29(14-12-17)23(31)22-15-25-24(32-22)26-19-7-3-1-5-16(19)9-10-21-18-6-2-4-8-20(18)27-28-21/h1-10,15,17,30H,11-14H2,(H,25,26)(H,27,28)/b10-9+. The third-order valence-electron chi connectivity index (χ3n) is 5.59. The van der Waals surface area contributed by atoms with Crippen molar-refractivity contribution in [3.05, 3.63) is 70.9 Å². The van der Waals surface area contributed by atoms with Gasteiger partial charge in [0.15, 0.2) is 5.13 Å². The largest absolute Gasteiger partial charge is 0.393 e. The van der Waals surface area contributed by atoms with E-state index in [0.29, 0.717) is 35.9 Å². The maximum atomic E-state index is 12.7. The fourth-order valence-corrected chi connectivity index (χ4v) is 4.60. The molecule has 3 N–H and O–H groups in total. The molecule has 3 heterocycles. The van der Waals surface area contributed by atoms with Crippen LogP contribution in [0.3, 0.4) is 0 Å². The number of aromatic nitrogens is 3. The Morgan fingerprint density at radius 1 is 1.12 bits per heavy atom. The number of aromatic amines is 1. The zero-order valence-electron chi connectivity index (χ0n) is 17.4. The van der Waals surface area contributed by atoms with Gasteiger partial charge in [0, 0.05) is 24.2 Å². The van der Waals surface area contributed by atoms with Crippen LogP contribution in [-0.4, -0.2) is 50.3 Å². The summed E-state index contributed by atoms with van der Waals surface area (Å²) in [6, 6.07) is 16.0. The summed E-state index contributed by atoms with van der Waals surface area (Å²) in [5, 5.41) is 22.2. The SMILES string of the molecule is O=C(c1cnc(Nc2ccccc2/C=C/c2n[nH]c3ccccc23)s1)N1CCC(O)CC1. The second-order valence-electron chi connectivity index (χ2n) is 7.75. The number of aliphatic hydroxyl groups is 1. The average Bonchev–Trinajstić information content (AvgIpc) is 3.46. The topological polar surface area (TPSA) is 94.1 Å². The Morgan fingerprint density at radius 3 is 2.78 bits per heavy atom. The number of H-pyrrole nitrogens is 1. The molecule has 1 aliphatic rings. The molecular weight excluding hydrogens is 422 g/mol. The summed E-state index contributed by atoms with van der Waals surface area (Å²) in [4.78, 5) is 19.5. The van der Waals surface area contributed by atoms with Crippen LogP contribution in [0.15, 0.2) is 54.7 Å². The summed E-state index contributed by atoms with van der Waals surface area (Å²) in [7, 11) is 0. The molecule has 4 aromatic rings. The van der Waals surface area contributed by atoms with Crippen molar-refractivity contribution in [2.75, 3.05) is 18.4 Å². The van der Waals surface area contributed by atoms with Crippen LogP contribution in [-0.2, 0) is 0 Å². The minimum atomic E-state index is -0.304. The monoisotopic (exact) mass is 445 g/mol. The number of carbonyl (C=O) groups excluding carboxylic acids is 1. The molecule has 0 atom stereocenters. The third kappa shape index (κ3) is 4.28. The smallest absolute Gasteiger partial charge is 0.265 e. The number of thiazole rings is 1. The van der Waals surface area contributed by atoms with E-state index in [1.54, 1.807) is 11.1 Å². The minimum absolute atomic E-state index is 0.0268. The second kappa shape index (κ2) is 8.94. The molecule has 0 spiro atoms. The number of aliphatic hydroxyl groups excluding tert-OH is 1. The molecule has 1 fully saturated rings. The van der Waals surface area contributed by atoms with Gasteiger partial charge in [-0.15, -0.1) is 0 Å². The first kappa shape index (κ1) is 20.4. The number of hydrogen-bond acceptors (Lipinski definition) is 6. The zero-order valence-corrected chi connectivity index (χ0v) is 18.2. The lowest BCUT2D eigenvalue weighted by Crippen LogP contribution is -2.39. The molecule has 1 saturated heterocycles. The number of para-hydroxylation sites is 2. The van der Waals surface area contributed by atoms with Gasteiger partial charge in [0.25, 0.3) is 5.91 Å². The van der Waals surface area contributed by atoms with E-state index in [1.807, 2.05) is 60.7 Å². The van der Waals surface area contributed by atoms with E-state index in [-0.39, 0.29) is 12.0 Å². The van der Waals surface area contributed by atoms with Crippen LogP contribution in [0.25, 0.3) is 23.1 Å². The van der Waals surface area contributed by atoms with Gasteiger partial charge in [-0.3, -0.25) is 9.89 Å². The summed E-state index contributed by atoms with van der Waals surface area (Å²) in [5.74, 6) is -0.0268. The molecule has 2 aromatic heterocycles. The predicted octanol–water partition coefficient (Wildman–Crippen LogP) is 4.53. The molecule has 0 unspecified atom stereocenters. The van der Waals surface area contributed by atoms with Gasteiger partial charge in [0.2, 0.25) is 0 Å². The van der Waals surface area contributed by atoms with Gasteiger partial charge < -0.3 is 15.3 Å². The van der Waals surface area contributed by atoms with E-state index in [4.69, 9.17) is 0 Å². The van der Waals surface area contributed by atoms with Crippen molar-refractivity contribution < 1.29 is 9.90 Å². The number of fused-ring (bicyclic) bond motifs is 1. The Kier molecular flexibility index (Phi) is 5.70. The van der Waals surface area contributed by atoms with E-state index < -0.39 is 0 Å². The molecule has 162 valence electrons. The fraction of sp³-hybridized carbons (Fsp3) is 0.208. The number of piperidine rings is 1. The van der Waals surface area contributed by atoms with Crippen molar-refractivity contribution in [3.63, 3.8) is 0 Å². The maximum absolute atomic E-state index is 12.7. The van der Waals surface area contributed by atoms with Crippen molar-refractivity contribution in [1.82, 2.24) is 20.1 Å². The van der Waals surface area contributed by atoms with Gasteiger partial charge >= 0.3 is 0 Å². The molecule has 5 rings (SSSR count). The summed E-state index contributed by atoms with van der Waals surface area (Å²) in [5.41, 5.74) is 3.77. The molecule has 0 aliphatic carbocycles. The van der Waals surface area contributed by atoms with E-state index in [9.17, 15) is 9.90 Å². The number of likely N-dealkylation sites (tertiary alicyclic amines) is 1. The summed E-state index contributed by atoms with van der Waals surface area (Å²) >= 11 is 1.34. The number of nitrogens with zero attached hydrogens (tertiary/aromatic N) is 3. The second-order valence-corrected chi connectivity index (χ2v) is 8.78. The van der Waals surface area contributed by atoms with E-state index in [0.717, 1.165) is 27.8 Å². The van der Waals surface area contributed by atoms with Gasteiger partial charge in [0.05, 0.1) is 23.5 Å². The summed E-state index contributed by atoms with van der Waals surface area (Å²) in [6.45, 7) is 1.16. The highest BCUT2D eigenvalue weighted by Gasteiger charge is 2.23. The van der Waals surface area contributed by atoms with Crippen LogP contribution in [0, 0.1) is 0 Å². The first-order valence-electron chi connectivity index (χ1n) is 10.6. The number of hydrogen-bond donors (Lipinski definition) is 3. The van der Waals surface area contributed by atoms with E-state index in [2.05, 4.69) is 20.5 Å². The Morgan fingerprint density at radius 2 is 1.91 bits per heavy atom.